The molecule has 0 aromatic heterocycles. The van der Waals surface area contributed by atoms with Crippen molar-refractivity contribution in [2.45, 2.75) is 25.2 Å². The third-order valence-corrected chi connectivity index (χ3v) is 8.99. The molecule has 0 fully saturated rings. The Morgan fingerprint density at radius 2 is 1.04 bits per heavy atom. The van der Waals surface area contributed by atoms with Gasteiger partial charge in [-0.2, -0.15) is 0 Å². The zero-order valence-electron chi connectivity index (χ0n) is 31.8. The Balaban J connectivity index is 1.66. The van der Waals surface area contributed by atoms with E-state index < -0.39 is 11.8 Å². The minimum Gasteiger partial charge on any atom is -0.493 e. The average molecular weight is 731 g/mol. The summed E-state index contributed by atoms with van der Waals surface area (Å²) in [5.74, 6) is 2.33. The molecule has 0 aliphatic rings. The van der Waals surface area contributed by atoms with Gasteiger partial charge in [-0.15, -0.1) is 0 Å². The zero-order chi connectivity index (χ0) is 38.3. The minimum atomic E-state index is -1.11. The first-order valence-electron chi connectivity index (χ1n) is 17.2. The SMILES string of the molecule is COc1ccc(CCNC(=O)C(C(=O)N(CCc2ccc(OC)c(OC)c2OC)CCc2ccc(OC)c(OC)c2OC)c2ccccc2)cc1OC. The number of nitrogens with zero attached hydrogens (tertiary/aromatic N) is 1. The fourth-order valence-electron chi connectivity index (χ4n) is 6.27. The number of hydrogen-bond acceptors (Lipinski definition) is 10. The molecule has 0 radical (unpaired) electrons. The van der Waals surface area contributed by atoms with Gasteiger partial charge in [-0.1, -0.05) is 48.5 Å². The summed E-state index contributed by atoms with van der Waals surface area (Å²) in [4.78, 5) is 30.5. The van der Waals surface area contributed by atoms with Crippen LogP contribution in [0.5, 0.6) is 46.0 Å². The number of benzene rings is 4. The Morgan fingerprint density at radius 1 is 0.547 bits per heavy atom. The predicted octanol–water partition coefficient (Wildman–Crippen LogP) is 5.51. The Hall–Kier alpha value is -5.78. The molecule has 1 N–H and O–H groups in total. The number of carbonyl (C=O) groups is 2. The van der Waals surface area contributed by atoms with Gasteiger partial charge in [-0.3, -0.25) is 9.59 Å². The molecular formula is C41H50N2O10. The highest BCUT2D eigenvalue weighted by Gasteiger charge is 2.33. The molecular weight excluding hydrogens is 680 g/mol. The van der Waals surface area contributed by atoms with Crippen molar-refractivity contribution in [3.05, 3.63) is 95.1 Å². The Labute approximate surface area is 311 Å². The maximum atomic E-state index is 14.8. The molecule has 12 nitrogen and oxygen atoms in total. The van der Waals surface area contributed by atoms with E-state index in [1.165, 1.54) is 0 Å². The van der Waals surface area contributed by atoms with E-state index in [1.807, 2.05) is 48.5 Å². The highest BCUT2D eigenvalue weighted by Crippen LogP contribution is 2.41. The van der Waals surface area contributed by atoms with Crippen LogP contribution in [0.15, 0.2) is 72.8 Å². The standard InChI is InChI=1S/C41H50N2O10/c1-46-31-17-14-27(26-34(31)49-4)20-23-42-40(44)35(28-12-10-9-11-13-28)41(45)43(24-21-29-15-18-32(47-2)38(52-7)36(29)50-5)25-22-30-16-19-33(48-3)39(53-8)37(30)51-6/h9-19,26,35H,20-25H2,1-8H3,(H,42,44). The predicted molar refractivity (Wildman–Crippen MR) is 202 cm³/mol. The third-order valence-electron chi connectivity index (χ3n) is 8.99. The van der Waals surface area contributed by atoms with Gasteiger partial charge in [0.1, 0.15) is 5.92 Å². The summed E-state index contributed by atoms with van der Waals surface area (Å²) < 4.78 is 44.5. The lowest BCUT2D eigenvalue weighted by atomic mass is 9.95. The van der Waals surface area contributed by atoms with E-state index in [9.17, 15) is 9.59 Å². The normalized spacial score (nSPS) is 11.2. The van der Waals surface area contributed by atoms with Gasteiger partial charge in [0.05, 0.1) is 56.9 Å². The molecule has 284 valence electrons. The van der Waals surface area contributed by atoms with Crippen molar-refractivity contribution in [3.8, 4) is 46.0 Å². The first kappa shape index (κ1) is 40.0. The lowest BCUT2D eigenvalue weighted by molar-refractivity contribution is -0.138. The smallest absolute Gasteiger partial charge is 0.239 e. The van der Waals surface area contributed by atoms with Crippen molar-refractivity contribution < 1.29 is 47.5 Å². The van der Waals surface area contributed by atoms with E-state index in [2.05, 4.69) is 5.32 Å². The number of methoxy groups -OCH3 is 8. The van der Waals surface area contributed by atoms with Gasteiger partial charge < -0.3 is 48.1 Å². The van der Waals surface area contributed by atoms with E-state index >= 15 is 0 Å². The van der Waals surface area contributed by atoms with Crippen molar-refractivity contribution in [2.75, 3.05) is 76.5 Å². The van der Waals surface area contributed by atoms with Gasteiger partial charge in [0.15, 0.2) is 34.5 Å². The molecule has 0 bridgehead atoms. The zero-order valence-corrected chi connectivity index (χ0v) is 31.8. The van der Waals surface area contributed by atoms with Crippen LogP contribution in [0.25, 0.3) is 0 Å². The lowest BCUT2D eigenvalue weighted by Gasteiger charge is -2.28. The van der Waals surface area contributed by atoms with Gasteiger partial charge in [0.2, 0.25) is 23.3 Å². The van der Waals surface area contributed by atoms with Crippen molar-refractivity contribution in [1.82, 2.24) is 10.2 Å². The molecule has 4 aromatic rings. The van der Waals surface area contributed by atoms with Crippen molar-refractivity contribution in [2.24, 2.45) is 0 Å². The number of carbonyl (C=O) groups excluding carboxylic acids is 2. The summed E-state index contributed by atoms with van der Waals surface area (Å²) in [6.45, 7) is 0.835. The largest absolute Gasteiger partial charge is 0.493 e. The molecule has 4 aromatic carbocycles. The van der Waals surface area contributed by atoms with Gasteiger partial charge in [-0.25, -0.2) is 0 Å². The molecule has 1 unspecified atom stereocenters. The van der Waals surface area contributed by atoms with Crippen LogP contribution in [0.1, 0.15) is 28.2 Å². The second kappa shape index (κ2) is 19.7. The molecule has 1 atom stereocenters. The molecule has 0 aliphatic heterocycles. The van der Waals surface area contributed by atoms with Crippen LogP contribution in [-0.4, -0.2) is 93.2 Å². The molecule has 53 heavy (non-hydrogen) atoms. The minimum absolute atomic E-state index is 0.266. The second-order valence-corrected chi connectivity index (χ2v) is 11.9. The van der Waals surface area contributed by atoms with Gasteiger partial charge in [0, 0.05) is 30.8 Å². The van der Waals surface area contributed by atoms with Crippen LogP contribution in [0.3, 0.4) is 0 Å². The second-order valence-electron chi connectivity index (χ2n) is 11.9. The van der Waals surface area contributed by atoms with Crippen LogP contribution in [0.2, 0.25) is 0 Å². The fourth-order valence-corrected chi connectivity index (χ4v) is 6.27. The maximum absolute atomic E-state index is 14.8. The first-order valence-corrected chi connectivity index (χ1v) is 17.2. The number of amides is 2. The molecule has 0 saturated carbocycles. The van der Waals surface area contributed by atoms with Gasteiger partial charge in [0.25, 0.3) is 0 Å². The topological polar surface area (TPSA) is 123 Å². The van der Waals surface area contributed by atoms with Crippen LogP contribution in [-0.2, 0) is 28.9 Å². The van der Waals surface area contributed by atoms with E-state index in [0.717, 1.165) is 16.7 Å². The average Bonchev–Trinajstić information content (AvgIpc) is 3.20. The molecule has 12 heteroatoms. The van der Waals surface area contributed by atoms with Crippen molar-refractivity contribution >= 4 is 11.8 Å². The molecule has 4 rings (SSSR count). The highest BCUT2D eigenvalue weighted by molar-refractivity contribution is 6.05. The summed E-state index contributed by atoms with van der Waals surface area (Å²) >= 11 is 0. The van der Waals surface area contributed by atoms with Crippen LogP contribution < -0.4 is 43.2 Å². The maximum Gasteiger partial charge on any atom is 0.239 e. The van der Waals surface area contributed by atoms with Crippen LogP contribution >= 0.6 is 0 Å². The summed E-state index contributed by atoms with van der Waals surface area (Å²) in [6, 6.07) is 22.1. The van der Waals surface area contributed by atoms with Crippen LogP contribution in [0.4, 0.5) is 0 Å². The number of nitrogens with one attached hydrogen (secondary N) is 1. The Morgan fingerprint density at radius 3 is 1.51 bits per heavy atom. The molecule has 0 saturated heterocycles. The molecule has 0 heterocycles. The number of hydrogen-bond donors (Lipinski definition) is 1. The van der Waals surface area contributed by atoms with Crippen LogP contribution in [0, 0.1) is 0 Å². The van der Waals surface area contributed by atoms with E-state index in [0.29, 0.717) is 77.4 Å². The summed E-state index contributed by atoms with van der Waals surface area (Å²) in [7, 11) is 12.5. The quantitative estimate of drug-likeness (QED) is 0.117. The summed E-state index contributed by atoms with van der Waals surface area (Å²) in [6.07, 6.45) is 1.32. The highest BCUT2D eigenvalue weighted by atomic mass is 16.5. The van der Waals surface area contributed by atoms with Gasteiger partial charge in [-0.05, 0) is 54.7 Å². The summed E-state index contributed by atoms with van der Waals surface area (Å²) in [5.41, 5.74) is 3.14. The fraction of sp³-hybridized carbons (Fsp3) is 0.366. The third kappa shape index (κ3) is 9.56. The lowest BCUT2D eigenvalue weighted by Crippen LogP contribution is -2.44. The molecule has 2 amide bonds. The number of ether oxygens (including phenoxy) is 8. The van der Waals surface area contributed by atoms with E-state index in [-0.39, 0.29) is 19.0 Å². The van der Waals surface area contributed by atoms with E-state index in [4.69, 9.17) is 37.9 Å². The van der Waals surface area contributed by atoms with Gasteiger partial charge >= 0.3 is 0 Å². The first-order chi connectivity index (χ1) is 25.8. The van der Waals surface area contributed by atoms with Crippen molar-refractivity contribution in [3.63, 3.8) is 0 Å². The monoisotopic (exact) mass is 730 g/mol. The number of rotatable bonds is 20. The van der Waals surface area contributed by atoms with E-state index in [1.54, 1.807) is 86.0 Å². The Kier molecular flexibility index (Phi) is 14.9. The Bertz CT molecular complexity index is 1750. The summed E-state index contributed by atoms with van der Waals surface area (Å²) in [5, 5.41) is 3.01. The molecule has 0 spiro atoms. The molecule has 0 aliphatic carbocycles. The van der Waals surface area contributed by atoms with Crippen molar-refractivity contribution in [1.29, 1.82) is 0 Å².